The lowest BCUT2D eigenvalue weighted by atomic mass is 9.95. The maximum Gasteiger partial charge on any atom is 0.331 e. The Balaban J connectivity index is 1.48. The Hall–Kier alpha value is -3.22. The van der Waals surface area contributed by atoms with Crippen molar-refractivity contribution in [3.05, 3.63) is 80.7 Å². The number of nitrogens with zero attached hydrogens (tertiary/aromatic N) is 2. The summed E-state index contributed by atoms with van der Waals surface area (Å²) in [5.41, 5.74) is 0.416. The first-order chi connectivity index (χ1) is 16.0. The Morgan fingerprint density at radius 1 is 0.970 bits per heavy atom. The number of amides is 1. The van der Waals surface area contributed by atoms with Gasteiger partial charge in [0, 0.05) is 19.0 Å². The summed E-state index contributed by atoms with van der Waals surface area (Å²) in [6.45, 7) is 0.406. The lowest BCUT2D eigenvalue weighted by Gasteiger charge is -2.22. The molecule has 7 heteroatoms. The molecule has 0 unspecified atom stereocenters. The third-order valence-electron chi connectivity index (χ3n) is 6.37. The van der Waals surface area contributed by atoms with Gasteiger partial charge in [-0.05, 0) is 55.5 Å². The van der Waals surface area contributed by atoms with Crippen LogP contribution in [-0.2, 0) is 17.9 Å². The van der Waals surface area contributed by atoms with E-state index in [4.69, 9.17) is 0 Å². The maximum absolute atomic E-state index is 13.7. The van der Waals surface area contributed by atoms with E-state index in [1.54, 1.807) is 36.4 Å². The molecule has 1 aliphatic carbocycles. The molecule has 0 atom stereocenters. The number of nitrogens with one attached hydrogen (secondary N) is 1. The van der Waals surface area contributed by atoms with Gasteiger partial charge in [-0.15, -0.1) is 0 Å². The van der Waals surface area contributed by atoms with Crippen molar-refractivity contribution in [1.29, 1.82) is 0 Å². The normalized spacial score (nSPS) is 14.5. The molecular weight excluding hydrogens is 421 g/mol. The van der Waals surface area contributed by atoms with E-state index in [9.17, 15) is 18.8 Å². The van der Waals surface area contributed by atoms with Crippen molar-refractivity contribution in [1.82, 2.24) is 14.5 Å². The average molecular weight is 452 g/mol. The molecule has 3 aromatic rings. The first-order valence-electron chi connectivity index (χ1n) is 11.8. The van der Waals surface area contributed by atoms with E-state index in [-0.39, 0.29) is 36.4 Å². The summed E-state index contributed by atoms with van der Waals surface area (Å²) in [7, 11) is 0. The van der Waals surface area contributed by atoms with Crippen molar-refractivity contribution in [2.75, 3.05) is 0 Å². The molecule has 1 aromatic heterocycles. The summed E-state index contributed by atoms with van der Waals surface area (Å²) >= 11 is 0. The molecule has 0 spiro atoms. The van der Waals surface area contributed by atoms with Gasteiger partial charge in [0.1, 0.15) is 5.82 Å². The van der Waals surface area contributed by atoms with Crippen LogP contribution in [0.3, 0.4) is 0 Å². The van der Waals surface area contributed by atoms with Crippen molar-refractivity contribution < 1.29 is 9.18 Å². The molecule has 4 rings (SSSR count). The fourth-order valence-electron chi connectivity index (χ4n) is 4.64. The highest BCUT2D eigenvalue weighted by molar-refractivity contribution is 5.78. The molecule has 1 fully saturated rings. The Bertz CT molecular complexity index is 1240. The second kappa shape index (κ2) is 10.6. The zero-order valence-electron chi connectivity index (χ0n) is 18.8. The summed E-state index contributed by atoms with van der Waals surface area (Å²) in [5, 5.41) is 3.55. The smallest absolute Gasteiger partial charge is 0.331 e. The van der Waals surface area contributed by atoms with Gasteiger partial charge >= 0.3 is 5.69 Å². The maximum atomic E-state index is 13.7. The van der Waals surface area contributed by atoms with Gasteiger partial charge < -0.3 is 5.32 Å². The Morgan fingerprint density at radius 2 is 1.76 bits per heavy atom. The third-order valence-corrected chi connectivity index (χ3v) is 6.37. The van der Waals surface area contributed by atoms with Crippen LogP contribution in [0.2, 0.25) is 0 Å². The van der Waals surface area contributed by atoms with E-state index in [0.717, 1.165) is 25.7 Å². The van der Waals surface area contributed by atoms with E-state index in [1.165, 1.54) is 27.7 Å². The van der Waals surface area contributed by atoms with Crippen LogP contribution < -0.4 is 16.6 Å². The molecular formula is C26H30FN3O3. The molecule has 0 aliphatic heterocycles. The van der Waals surface area contributed by atoms with Crippen LogP contribution in [0.1, 0.15) is 56.9 Å². The summed E-state index contributed by atoms with van der Waals surface area (Å²) in [6, 6.07) is 13.4. The van der Waals surface area contributed by atoms with Crippen LogP contribution in [0, 0.1) is 5.82 Å². The van der Waals surface area contributed by atoms with Crippen LogP contribution in [0.5, 0.6) is 0 Å². The van der Waals surface area contributed by atoms with Crippen LogP contribution >= 0.6 is 0 Å². The second-order valence-electron chi connectivity index (χ2n) is 8.83. The molecule has 0 bridgehead atoms. The highest BCUT2D eigenvalue weighted by Crippen LogP contribution is 2.17. The summed E-state index contributed by atoms with van der Waals surface area (Å²) in [4.78, 5) is 38.5. The topological polar surface area (TPSA) is 73.1 Å². The van der Waals surface area contributed by atoms with Crippen LogP contribution in [0.4, 0.5) is 4.39 Å². The molecule has 1 saturated carbocycles. The number of benzene rings is 2. The minimum absolute atomic E-state index is 0.0382. The van der Waals surface area contributed by atoms with Crippen LogP contribution in [0.25, 0.3) is 10.9 Å². The molecule has 1 amide bonds. The number of rotatable bonds is 8. The third kappa shape index (κ3) is 5.59. The van der Waals surface area contributed by atoms with Crippen LogP contribution in [-0.4, -0.2) is 21.1 Å². The van der Waals surface area contributed by atoms with E-state index in [1.807, 2.05) is 0 Å². The lowest BCUT2D eigenvalue weighted by molar-refractivity contribution is -0.122. The molecule has 0 saturated heterocycles. The number of fused-ring (bicyclic) bond motifs is 1. The minimum Gasteiger partial charge on any atom is -0.353 e. The Kier molecular flexibility index (Phi) is 7.37. The standard InChI is InChI=1S/C26H30FN3O3/c27-20-10-8-9-19(17-20)18-30-23-14-5-4-13-22(23)25(32)29(26(30)33)16-7-6-15-24(31)28-21-11-2-1-3-12-21/h4-5,8-10,13-14,17,21H,1-3,6-7,11-12,15-16,18H2,(H,28,31). The summed E-state index contributed by atoms with van der Waals surface area (Å²) in [5.74, 6) is -0.332. The van der Waals surface area contributed by atoms with Crippen molar-refractivity contribution in [3.63, 3.8) is 0 Å². The number of carbonyl (C=O) groups is 1. The molecule has 2 aromatic carbocycles. The number of para-hydroxylation sites is 1. The minimum atomic E-state index is -0.422. The van der Waals surface area contributed by atoms with E-state index in [2.05, 4.69) is 5.32 Å². The second-order valence-corrected chi connectivity index (χ2v) is 8.83. The quantitative estimate of drug-likeness (QED) is 0.527. The molecule has 0 radical (unpaired) electrons. The molecule has 174 valence electrons. The van der Waals surface area contributed by atoms with Crippen molar-refractivity contribution in [3.8, 4) is 0 Å². The number of hydrogen-bond acceptors (Lipinski definition) is 3. The van der Waals surface area contributed by atoms with Crippen molar-refractivity contribution >= 4 is 16.8 Å². The Labute approximate surface area is 192 Å². The zero-order chi connectivity index (χ0) is 23.2. The van der Waals surface area contributed by atoms with E-state index >= 15 is 0 Å². The predicted molar refractivity (Wildman–Crippen MR) is 127 cm³/mol. The number of halogens is 1. The number of hydrogen-bond donors (Lipinski definition) is 1. The van der Waals surface area contributed by atoms with Gasteiger partial charge in [-0.25, -0.2) is 9.18 Å². The van der Waals surface area contributed by atoms with E-state index in [0.29, 0.717) is 35.7 Å². The average Bonchev–Trinajstić information content (AvgIpc) is 2.82. The highest BCUT2D eigenvalue weighted by Gasteiger charge is 2.16. The van der Waals surface area contributed by atoms with Gasteiger partial charge in [-0.1, -0.05) is 43.5 Å². The van der Waals surface area contributed by atoms with Gasteiger partial charge in [-0.3, -0.25) is 18.7 Å². The largest absolute Gasteiger partial charge is 0.353 e. The molecule has 6 nitrogen and oxygen atoms in total. The molecule has 33 heavy (non-hydrogen) atoms. The number of aromatic nitrogens is 2. The monoisotopic (exact) mass is 451 g/mol. The van der Waals surface area contributed by atoms with E-state index < -0.39 is 5.69 Å². The first-order valence-corrected chi connectivity index (χ1v) is 11.8. The predicted octanol–water partition coefficient (Wildman–Crippen LogP) is 3.97. The summed E-state index contributed by atoms with van der Waals surface area (Å²) in [6.07, 6.45) is 7.19. The zero-order valence-corrected chi connectivity index (χ0v) is 18.8. The molecule has 1 N–H and O–H groups in total. The molecule has 1 heterocycles. The SMILES string of the molecule is O=C(CCCCn1c(=O)c2ccccc2n(Cc2cccc(F)c2)c1=O)NC1CCCCC1. The van der Waals surface area contributed by atoms with Crippen molar-refractivity contribution in [2.24, 2.45) is 0 Å². The fourth-order valence-corrected chi connectivity index (χ4v) is 4.64. The number of carbonyl (C=O) groups excluding carboxylic acids is 1. The van der Waals surface area contributed by atoms with Crippen molar-refractivity contribution in [2.45, 2.75) is 70.5 Å². The van der Waals surface area contributed by atoms with Gasteiger partial charge in [0.05, 0.1) is 17.4 Å². The number of unbranched alkanes of at least 4 members (excludes halogenated alkanes) is 1. The first kappa shape index (κ1) is 23.0. The van der Waals surface area contributed by atoms with Gasteiger partial charge in [0.25, 0.3) is 5.56 Å². The van der Waals surface area contributed by atoms with Gasteiger partial charge in [0.2, 0.25) is 5.91 Å². The molecule has 1 aliphatic rings. The lowest BCUT2D eigenvalue weighted by Crippen LogP contribution is -2.40. The Morgan fingerprint density at radius 3 is 2.55 bits per heavy atom. The fraction of sp³-hybridized carbons (Fsp3) is 0.423. The summed E-state index contributed by atoms with van der Waals surface area (Å²) < 4.78 is 16.4. The van der Waals surface area contributed by atoms with Gasteiger partial charge in [-0.2, -0.15) is 0 Å². The highest BCUT2D eigenvalue weighted by atomic mass is 19.1. The van der Waals surface area contributed by atoms with Gasteiger partial charge in [0.15, 0.2) is 0 Å². The van der Waals surface area contributed by atoms with Crippen LogP contribution in [0.15, 0.2) is 58.1 Å².